The third kappa shape index (κ3) is 3.95. The predicted molar refractivity (Wildman–Crippen MR) is 80.0 cm³/mol. The number of hydrogen-bond donors (Lipinski definition) is 1. The molecule has 1 aliphatic heterocycles. The van der Waals surface area contributed by atoms with Crippen LogP contribution >= 0.6 is 0 Å². The zero-order valence-corrected chi connectivity index (χ0v) is 12.5. The molecule has 114 valence electrons. The van der Waals surface area contributed by atoms with Gasteiger partial charge in [0.05, 0.1) is 5.56 Å². The van der Waals surface area contributed by atoms with Crippen LogP contribution in [0.15, 0.2) is 18.2 Å². The highest BCUT2D eigenvalue weighted by molar-refractivity contribution is 5.93. The first kappa shape index (κ1) is 15.3. The van der Waals surface area contributed by atoms with Crippen molar-refractivity contribution in [2.24, 2.45) is 0 Å². The topological polar surface area (TPSA) is 75.9 Å². The van der Waals surface area contributed by atoms with E-state index in [0.29, 0.717) is 24.3 Å². The van der Waals surface area contributed by atoms with E-state index in [2.05, 4.69) is 4.90 Å². The van der Waals surface area contributed by atoms with Gasteiger partial charge in [-0.1, -0.05) is 6.07 Å². The molecular weight excluding hydrogens is 270 g/mol. The molecule has 1 heterocycles. The molecule has 0 saturated carbocycles. The van der Waals surface area contributed by atoms with E-state index in [0.717, 1.165) is 18.7 Å². The molecule has 0 bridgehead atoms. The van der Waals surface area contributed by atoms with E-state index in [9.17, 15) is 9.59 Å². The van der Waals surface area contributed by atoms with Crippen LogP contribution < -0.4 is 5.73 Å². The number of hydrogen-bond acceptors (Lipinski definition) is 5. The third-order valence-electron chi connectivity index (χ3n) is 3.66. The fourth-order valence-corrected chi connectivity index (χ4v) is 2.21. The van der Waals surface area contributed by atoms with E-state index >= 15 is 0 Å². The third-order valence-corrected chi connectivity index (χ3v) is 3.66. The molecule has 0 atom stereocenters. The van der Waals surface area contributed by atoms with Crippen molar-refractivity contribution in [1.29, 1.82) is 0 Å². The van der Waals surface area contributed by atoms with Crippen LogP contribution in [0.5, 0.6) is 0 Å². The van der Waals surface area contributed by atoms with E-state index in [-0.39, 0.29) is 12.5 Å². The number of nitrogens with zero attached hydrogens (tertiary/aromatic N) is 2. The second-order valence-electron chi connectivity index (χ2n) is 5.33. The Labute approximate surface area is 124 Å². The largest absolute Gasteiger partial charge is 0.452 e. The number of likely N-dealkylation sites (N-methyl/N-ethyl adjacent to an activating group) is 1. The first-order valence-electron chi connectivity index (χ1n) is 6.97. The number of ether oxygens (including phenoxy) is 1. The fraction of sp³-hybridized carbons (Fsp3) is 0.467. The minimum atomic E-state index is -0.512. The van der Waals surface area contributed by atoms with Crippen molar-refractivity contribution in [3.63, 3.8) is 0 Å². The second kappa shape index (κ2) is 6.58. The highest BCUT2D eigenvalue weighted by Crippen LogP contribution is 2.14. The van der Waals surface area contributed by atoms with Crippen molar-refractivity contribution in [2.45, 2.75) is 6.92 Å². The smallest absolute Gasteiger partial charge is 0.338 e. The van der Waals surface area contributed by atoms with Crippen LogP contribution in [-0.2, 0) is 9.53 Å². The zero-order valence-electron chi connectivity index (χ0n) is 12.5. The summed E-state index contributed by atoms with van der Waals surface area (Å²) in [5.41, 5.74) is 7.34. The lowest BCUT2D eigenvalue weighted by Crippen LogP contribution is -2.48. The summed E-state index contributed by atoms with van der Waals surface area (Å²) >= 11 is 0. The number of aryl methyl sites for hydroxylation is 1. The molecule has 2 N–H and O–H groups in total. The van der Waals surface area contributed by atoms with Crippen LogP contribution in [0.4, 0.5) is 5.69 Å². The average Bonchev–Trinajstić information content (AvgIpc) is 2.47. The molecule has 6 nitrogen and oxygen atoms in total. The molecule has 0 aromatic heterocycles. The fourth-order valence-electron chi connectivity index (χ4n) is 2.21. The lowest BCUT2D eigenvalue weighted by Gasteiger charge is -2.32. The molecule has 1 aliphatic rings. The number of nitrogen functional groups attached to an aromatic ring is 1. The molecule has 1 fully saturated rings. The van der Waals surface area contributed by atoms with Gasteiger partial charge in [0.1, 0.15) is 0 Å². The molecule has 6 heteroatoms. The number of carbonyl (C=O) groups is 2. The first-order chi connectivity index (χ1) is 9.97. The van der Waals surface area contributed by atoms with Crippen molar-refractivity contribution in [1.82, 2.24) is 9.80 Å². The lowest BCUT2D eigenvalue weighted by molar-refractivity contribution is -0.136. The minimum Gasteiger partial charge on any atom is -0.452 e. The summed E-state index contributed by atoms with van der Waals surface area (Å²) < 4.78 is 5.11. The average molecular weight is 291 g/mol. The maximum atomic E-state index is 12.0. The number of rotatable bonds is 3. The number of benzene rings is 1. The van der Waals surface area contributed by atoms with Crippen molar-refractivity contribution >= 4 is 17.6 Å². The number of carbonyl (C=O) groups excluding carboxylic acids is 2. The summed E-state index contributed by atoms with van der Waals surface area (Å²) in [6.07, 6.45) is 0. The Morgan fingerprint density at radius 2 is 1.90 bits per heavy atom. The van der Waals surface area contributed by atoms with Gasteiger partial charge in [0.2, 0.25) is 0 Å². The summed E-state index contributed by atoms with van der Waals surface area (Å²) in [7, 11) is 2.02. The summed E-state index contributed by atoms with van der Waals surface area (Å²) in [6.45, 7) is 4.60. The van der Waals surface area contributed by atoms with E-state index in [1.165, 1.54) is 0 Å². The van der Waals surface area contributed by atoms with Crippen LogP contribution in [0.1, 0.15) is 15.9 Å². The van der Waals surface area contributed by atoms with Crippen LogP contribution in [0.3, 0.4) is 0 Å². The molecule has 2 rings (SSSR count). The highest BCUT2D eigenvalue weighted by atomic mass is 16.5. The lowest BCUT2D eigenvalue weighted by atomic mass is 10.1. The van der Waals surface area contributed by atoms with Gasteiger partial charge in [-0.25, -0.2) is 4.79 Å². The predicted octanol–water partition coefficient (Wildman–Crippen LogP) is 0.508. The normalized spacial score (nSPS) is 15.8. The van der Waals surface area contributed by atoms with Crippen LogP contribution in [0.2, 0.25) is 0 Å². The van der Waals surface area contributed by atoms with Gasteiger partial charge in [-0.05, 0) is 31.7 Å². The number of piperazine rings is 1. The summed E-state index contributed by atoms with van der Waals surface area (Å²) in [4.78, 5) is 27.9. The monoisotopic (exact) mass is 291 g/mol. The van der Waals surface area contributed by atoms with Crippen LogP contribution in [-0.4, -0.2) is 61.5 Å². The van der Waals surface area contributed by atoms with Gasteiger partial charge in [0.25, 0.3) is 5.91 Å². The maximum absolute atomic E-state index is 12.0. The van der Waals surface area contributed by atoms with Crippen molar-refractivity contribution in [3.05, 3.63) is 29.3 Å². The van der Waals surface area contributed by atoms with Crippen molar-refractivity contribution in [2.75, 3.05) is 45.6 Å². The number of amides is 1. The minimum absolute atomic E-state index is 0.155. The van der Waals surface area contributed by atoms with Gasteiger partial charge in [-0.15, -0.1) is 0 Å². The van der Waals surface area contributed by atoms with Gasteiger partial charge in [0, 0.05) is 31.9 Å². The van der Waals surface area contributed by atoms with E-state index in [1.54, 1.807) is 30.0 Å². The molecule has 0 unspecified atom stereocenters. The standard InChI is InChI=1S/C15H21N3O3/c1-11-3-4-12(16)9-13(11)15(20)21-10-14(19)18-7-5-17(2)6-8-18/h3-4,9H,5-8,10,16H2,1-2H3. The molecule has 0 aliphatic carbocycles. The van der Waals surface area contributed by atoms with Gasteiger partial charge < -0.3 is 20.3 Å². The van der Waals surface area contributed by atoms with Gasteiger partial charge >= 0.3 is 5.97 Å². The Morgan fingerprint density at radius 1 is 1.24 bits per heavy atom. The van der Waals surface area contributed by atoms with Crippen LogP contribution in [0, 0.1) is 6.92 Å². The molecule has 0 radical (unpaired) electrons. The van der Waals surface area contributed by atoms with Gasteiger partial charge in [-0.2, -0.15) is 0 Å². The first-order valence-corrected chi connectivity index (χ1v) is 6.97. The molecule has 1 saturated heterocycles. The maximum Gasteiger partial charge on any atom is 0.338 e. The van der Waals surface area contributed by atoms with E-state index < -0.39 is 5.97 Å². The molecule has 1 amide bonds. The Hall–Kier alpha value is -2.08. The summed E-state index contributed by atoms with van der Waals surface area (Å²) in [6, 6.07) is 5.05. The Bertz CT molecular complexity index is 537. The van der Waals surface area contributed by atoms with Crippen molar-refractivity contribution < 1.29 is 14.3 Å². The molecule has 0 spiro atoms. The molecule has 1 aromatic rings. The van der Waals surface area contributed by atoms with Gasteiger partial charge in [-0.3, -0.25) is 4.79 Å². The molecule has 21 heavy (non-hydrogen) atoms. The van der Waals surface area contributed by atoms with Crippen molar-refractivity contribution in [3.8, 4) is 0 Å². The number of esters is 1. The van der Waals surface area contributed by atoms with E-state index in [4.69, 9.17) is 10.5 Å². The Balaban J connectivity index is 1.89. The summed E-state index contributed by atoms with van der Waals surface area (Å²) in [5.74, 6) is -0.666. The van der Waals surface area contributed by atoms with Crippen LogP contribution in [0.25, 0.3) is 0 Å². The summed E-state index contributed by atoms with van der Waals surface area (Å²) in [5, 5.41) is 0. The van der Waals surface area contributed by atoms with Gasteiger partial charge in [0.15, 0.2) is 6.61 Å². The Morgan fingerprint density at radius 3 is 2.57 bits per heavy atom. The number of anilines is 1. The highest BCUT2D eigenvalue weighted by Gasteiger charge is 2.20. The zero-order chi connectivity index (χ0) is 15.4. The molecular formula is C15H21N3O3. The number of nitrogens with two attached hydrogens (primary N) is 1. The molecule has 1 aromatic carbocycles. The second-order valence-corrected chi connectivity index (χ2v) is 5.33. The van der Waals surface area contributed by atoms with E-state index in [1.807, 2.05) is 7.05 Å². The SMILES string of the molecule is Cc1ccc(N)cc1C(=O)OCC(=O)N1CCN(C)CC1. The Kier molecular flexibility index (Phi) is 4.80. The quantitative estimate of drug-likeness (QED) is 0.648.